The van der Waals surface area contributed by atoms with Gasteiger partial charge in [0, 0.05) is 11.6 Å². The second-order valence-electron chi connectivity index (χ2n) is 12.2. The fraction of sp³-hybridized carbons (Fsp3) is 0.828. The molecule has 188 valence electrons. The topological polar surface area (TPSA) is 55.8 Å². The van der Waals surface area contributed by atoms with Crippen molar-refractivity contribution >= 4 is 5.97 Å². The average Bonchev–Trinajstić information content (AvgIpc) is 3.03. The zero-order valence-corrected chi connectivity index (χ0v) is 22.0. The van der Waals surface area contributed by atoms with Gasteiger partial charge < -0.3 is 14.6 Å². The van der Waals surface area contributed by atoms with E-state index >= 15 is 0 Å². The second kappa shape index (κ2) is 11.5. The molecule has 0 aromatic rings. The molecule has 33 heavy (non-hydrogen) atoms. The van der Waals surface area contributed by atoms with Crippen LogP contribution in [0, 0.1) is 41.4 Å². The number of aliphatic hydroxyl groups is 1. The molecule has 2 saturated carbocycles. The van der Waals surface area contributed by atoms with Gasteiger partial charge in [-0.05, 0) is 86.9 Å². The Hall–Kier alpha value is -1.13. The third-order valence-corrected chi connectivity index (χ3v) is 8.47. The van der Waals surface area contributed by atoms with E-state index < -0.39 is 6.29 Å². The molecule has 1 heterocycles. The van der Waals surface area contributed by atoms with Crippen LogP contribution in [-0.2, 0) is 14.3 Å². The molecule has 8 atom stereocenters. The lowest BCUT2D eigenvalue weighted by Gasteiger charge is -2.41. The van der Waals surface area contributed by atoms with Gasteiger partial charge in [0.15, 0.2) is 0 Å². The van der Waals surface area contributed by atoms with Crippen molar-refractivity contribution in [1.82, 2.24) is 0 Å². The molecule has 4 nitrogen and oxygen atoms in total. The molecule has 3 aliphatic rings. The molecule has 8 unspecified atom stereocenters. The number of ether oxygens (including phenoxy) is 2. The lowest BCUT2D eigenvalue weighted by molar-refractivity contribution is -0.180. The van der Waals surface area contributed by atoms with Gasteiger partial charge in [0.25, 0.3) is 0 Å². The summed E-state index contributed by atoms with van der Waals surface area (Å²) in [5.41, 5.74) is 2.11. The quantitative estimate of drug-likeness (QED) is 0.411. The van der Waals surface area contributed by atoms with Crippen molar-refractivity contribution in [3.63, 3.8) is 0 Å². The Kier molecular flexibility index (Phi) is 9.25. The van der Waals surface area contributed by atoms with E-state index in [0.717, 1.165) is 31.3 Å². The van der Waals surface area contributed by atoms with Crippen LogP contribution in [0.4, 0.5) is 0 Å². The predicted molar refractivity (Wildman–Crippen MR) is 133 cm³/mol. The summed E-state index contributed by atoms with van der Waals surface area (Å²) in [5, 5.41) is 10.7. The van der Waals surface area contributed by atoms with Crippen molar-refractivity contribution in [2.75, 3.05) is 0 Å². The number of hydrogen-bond donors (Lipinski definition) is 1. The summed E-state index contributed by atoms with van der Waals surface area (Å²) >= 11 is 0. The van der Waals surface area contributed by atoms with Gasteiger partial charge in [-0.3, -0.25) is 0 Å². The maximum absolute atomic E-state index is 12.1. The van der Waals surface area contributed by atoms with Crippen LogP contribution in [0.5, 0.6) is 0 Å². The minimum Gasteiger partial charge on any atom is -0.428 e. The largest absolute Gasteiger partial charge is 0.428 e. The fourth-order valence-electron chi connectivity index (χ4n) is 6.78. The molecule has 0 bridgehead atoms. The van der Waals surface area contributed by atoms with Crippen molar-refractivity contribution in [3.05, 3.63) is 23.3 Å². The number of carbonyl (C=O) groups is 1. The highest BCUT2D eigenvalue weighted by atomic mass is 16.7. The normalized spacial score (nSPS) is 38.1. The van der Waals surface area contributed by atoms with E-state index in [1.54, 1.807) is 6.08 Å². The van der Waals surface area contributed by atoms with Gasteiger partial charge >= 0.3 is 5.97 Å². The molecule has 0 aromatic carbocycles. The van der Waals surface area contributed by atoms with Gasteiger partial charge in [0.05, 0.1) is 12.2 Å². The van der Waals surface area contributed by atoms with E-state index in [1.807, 2.05) is 0 Å². The van der Waals surface area contributed by atoms with Crippen LogP contribution in [0.3, 0.4) is 0 Å². The predicted octanol–water partition coefficient (Wildman–Crippen LogP) is 6.68. The Bertz CT molecular complexity index is 721. The minimum absolute atomic E-state index is 0.138. The van der Waals surface area contributed by atoms with Crippen molar-refractivity contribution in [1.29, 1.82) is 0 Å². The molecular weight excluding hydrogens is 412 g/mol. The molecule has 0 radical (unpaired) electrons. The Morgan fingerprint density at radius 1 is 1.12 bits per heavy atom. The molecule has 3 rings (SSSR count). The lowest BCUT2D eigenvalue weighted by Crippen LogP contribution is -2.38. The number of cyclic esters (lactones) is 1. The third kappa shape index (κ3) is 6.94. The van der Waals surface area contributed by atoms with Crippen LogP contribution in [-0.4, -0.2) is 29.6 Å². The van der Waals surface area contributed by atoms with Gasteiger partial charge in [0.2, 0.25) is 6.29 Å². The number of rotatable bonds is 8. The first-order valence-corrected chi connectivity index (χ1v) is 13.5. The number of hydrogen-bond acceptors (Lipinski definition) is 4. The third-order valence-electron chi connectivity index (χ3n) is 8.47. The van der Waals surface area contributed by atoms with E-state index in [1.165, 1.54) is 24.8 Å². The molecule has 1 N–H and O–H groups in total. The smallest absolute Gasteiger partial charge is 0.333 e. The molecular formula is C29H48O4. The van der Waals surface area contributed by atoms with E-state index in [-0.39, 0.29) is 18.2 Å². The molecule has 0 aromatic heterocycles. The minimum atomic E-state index is -0.580. The first-order valence-electron chi connectivity index (χ1n) is 13.5. The van der Waals surface area contributed by atoms with Crippen LogP contribution in [0.25, 0.3) is 0 Å². The first kappa shape index (κ1) is 26.5. The molecule has 4 heteroatoms. The highest BCUT2D eigenvalue weighted by Gasteiger charge is 2.38. The maximum atomic E-state index is 12.1. The Morgan fingerprint density at radius 2 is 1.85 bits per heavy atom. The zero-order valence-electron chi connectivity index (χ0n) is 22.0. The zero-order chi connectivity index (χ0) is 24.3. The molecule has 2 aliphatic carbocycles. The van der Waals surface area contributed by atoms with Crippen molar-refractivity contribution < 1.29 is 19.4 Å². The lowest BCUT2D eigenvalue weighted by atomic mass is 9.67. The molecule has 0 amide bonds. The van der Waals surface area contributed by atoms with Crippen LogP contribution >= 0.6 is 0 Å². The van der Waals surface area contributed by atoms with Gasteiger partial charge in [-0.1, -0.05) is 59.6 Å². The van der Waals surface area contributed by atoms with Crippen LogP contribution in [0.1, 0.15) is 93.4 Å². The van der Waals surface area contributed by atoms with E-state index in [2.05, 4.69) is 54.5 Å². The summed E-state index contributed by atoms with van der Waals surface area (Å²) in [6.45, 7) is 15.7. The summed E-state index contributed by atoms with van der Waals surface area (Å²) in [4.78, 5) is 12.1. The Morgan fingerprint density at radius 3 is 2.52 bits per heavy atom. The van der Waals surface area contributed by atoms with Gasteiger partial charge in [-0.2, -0.15) is 0 Å². The SMILES string of the molecule is CC(=CC1=CC(=O)OC1OC1CC(C)CCC1C(C)C)CCC1CC(C)CC(O)C1C(C)C. The van der Waals surface area contributed by atoms with Crippen LogP contribution < -0.4 is 0 Å². The van der Waals surface area contributed by atoms with Gasteiger partial charge in [-0.15, -0.1) is 0 Å². The second-order valence-corrected chi connectivity index (χ2v) is 12.2. The van der Waals surface area contributed by atoms with E-state index in [0.29, 0.717) is 41.4 Å². The summed E-state index contributed by atoms with van der Waals surface area (Å²) < 4.78 is 12.0. The van der Waals surface area contributed by atoms with Crippen LogP contribution in [0.2, 0.25) is 0 Å². The van der Waals surface area contributed by atoms with Crippen molar-refractivity contribution in [2.45, 2.75) is 112 Å². The van der Waals surface area contributed by atoms with Crippen molar-refractivity contribution in [2.24, 2.45) is 41.4 Å². The Balaban J connectivity index is 1.64. The number of allylic oxidation sites excluding steroid dienone is 1. The van der Waals surface area contributed by atoms with E-state index in [9.17, 15) is 9.90 Å². The van der Waals surface area contributed by atoms with E-state index in [4.69, 9.17) is 9.47 Å². The standard InChI is InChI=1S/C29H48O4/c1-17(2)24-11-9-20(6)15-26(24)32-29-23(16-27(31)33-29)12-19(5)8-10-22-13-21(7)14-25(30)28(22)18(3)4/h12,16-18,20-22,24-26,28-30H,8-11,13-15H2,1-7H3. The number of esters is 1. The summed E-state index contributed by atoms with van der Waals surface area (Å²) in [6, 6.07) is 0. The number of aliphatic hydroxyl groups excluding tert-OH is 1. The maximum Gasteiger partial charge on any atom is 0.333 e. The monoisotopic (exact) mass is 460 g/mol. The Labute approximate surface area is 202 Å². The highest BCUT2D eigenvalue weighted by Crippen LogP contribution is 2.41. The molecule has 1 aliphatic heterocycles. The highest BCUT2D eigenvalue weighted by molar-refractivity contribution is 5.86. The van der Waals surface area contributed by atoms with Gasteiger partial charge in [0.1, 0.15) is 0 Å². The summed E-state index contributed by atoms with van der Waals surface area (Å²) in [5.74, 6) is 3.42. The van der Waals surface area contributed by atoms with Gasteiger partial charge in [-0.25, -0.2) is 4.79 Å². The molecule has 2 fully saturated rings. The number of carbonyl (C=O) groups excluding carboxylic acids is 1. The summed E-state index contributed by atoms with van der Waals surface area (Å²) in [6.07, 6.45) is 10.7. The molecule has 0 saturated heterocycles. The first-order chi connectivity index (χ1) is 15.5. The molecule has 0 spiro atoms. The summed E-state index contributed by atoms with van der Waals surface area (Å²) in [7, 11) is 0. The van der Waals surface area contributed by atoms with Crippen molar-refractivity contribution in [3.8, 4) is 0 Å². The average molecular weight is 461 g/mol. The van der Waals surface area contributed by atoms with Crippen LogP contribution in [0.15, 0.2) is 23.3 Å². The fourth-order valence-corrected chi connectivity index (χ4v) is 6.78.